The van der Waals surface area contributed by atoms with Gasteiger partial charge in [0.05, 0.1) is 0 Å². The minimum absolute atomic E-state index is 0.158. The summed E-state index contributed by atoms with van der Waals surface area (Å²) in [5.74, 6) is -0.158. The van der Waals surface area contributed by atoms with E-state index in [4.69, 9.17) is 0 Å². The van der Waals surface area contributed by atoms with Crippen molar-refractivity contribution in [1.29, 1.82) is 0 Å². The van der Waals surface area contributed by atoms with Gasteiger partial charge in [-0.15, -0.1) is 0 Å². The van der Waals surface area contributed by atoms with Crippen LogP contribution in [0.25, 0.3) is 0 Å². The highest BCUT2D eigenvalue weighted by atomic mass is 19.1. The van der Waals surface area contributed by atoms with Crippen LogP contribution < -0.4 is 0 Å². The molecule has 0 saturated carbocycles. The van der Waals surface area contributed by atoms with Crippen LogP contribution in [0.1, 0.15) is 18.4 Å². The van der Waals surface area contributed by atoms with Gasteiger partial charge in [0.2, 0.25) is 0 Å². The number of benzene rings is 1. The zero-order valence-corrected chi connectivity index (χ0v) is 7.54. The molecule has 0 spiro atoms. The Morgan fingerprint density at radius 2 is 2.00 bits per heavy atom. The van der Waals surface area contributed by atoms with Gasteiger partial charge in [-0.2, -0.15) is 0 Å². The summed E-state index contributed by atoms with van der Waals surface area (Å²) in [7, 11) is 0. The van der Waals surface area contributed by atoms with E-state index in [9.17, 15) is 4.39 Å². The first kappa shape index (κ1) is 8.42. The number of halogens is 1. The zero-order valence-electron chi connectivity index (χ0n) is 7.54. The van der Waals surface area contributed by atoms with Gasteiger partial charge in [-0.25, -0.2) is 8.97 Å². The molecule has 0 atom stereocenters. The van der Waals surface area contributed by atoms with E-state index in [-0.39, 0.29) is 5.82 Å². The first-order valence-electron chi connectivity index (χ1n) is 4.66. The number of hydrogen-bond acceptors (Lipinski definition) is 0. The zero-order chi connectivity index (χ0) is 9.10. The summed E-state index contributed by atoms with van der Waals surface area (Å²) in [6.07, 6.45) is 4.66. The number of nitrogens with zero attached hydrogens (tertiary/aromatic N) is 1. The second-order valence-corrected chi connectivity index (χ2v) is 3.42. The van der Waals surface area contributed by atoms with Crippen LogP contribution in [-0.4, -0.2) is 17.3 Å². The Morgan fingerprint density at radius 1 is 1.23 bits per heavy atom. The fourth-order valence-electron chi connectivity index (χ4n) is 1.63. The van der Waals surface area contributed by atoms with Crippen molar-refractivity contribution >= 4 is 6.21 Å². The van der Waals surface area contributed by atoms with Gasteiger partial charge in [-0.3, -0.25) is 0 Å². The van der Waals surface area contributed by atoms with Gasteiger partial charge < -0.3 is 0 Å². The third-order valence-electron chi connectivity index (χ3n) is 2.34. The molecule has 0 unspecified atom stereocenters. The molecule has 68 valence electrons. The van der Waals surface area contributed by atoms with Crippen LogP contribution in [0.4, 0.5) is 4.39 Å². The van der Waals surface area contributed by atoms with Crippen LogP contribution in [0.15, 0.2) is 24.3 Å². The normalized spacial score (nSPS) is 15.9. The molecule has 1 aromatic rings. The van der Waals surface area contributed by atoms with Crippen LogP contribution in [0.2, 0.25) is 0 Å². The Labute approximate surface area is 77.5 Å². The highest BCUT2D eigenvalue weighted by Crippen LogP contribution is 2.06. The lowest BCUT2D eigenvalue weighted by atomic mass is 10.2. The Hall–Kier alpha value is -1.18. The van der Waals surface area contributed by atoms with E-state index < -0.39 is 0 Å². The quantitative estimate of drug-likeness (QED) is 0.611. The van der Waals surface area contributed by atoms with Crippen LogP contribution in [-0.2, 0) is 6.54 Å². The van der Waals surface area contributed by atoms with Crippen molar-refractivity contribution in [2.75, 3.05) is 6.54 Å². The fourth-order valence-corrected chi connectivity index (χ4v) is 1.63. The average molecular weight is 178 g/mol. The Kier molecular flexibility index (Phi) is 2.39. The van der Waals surface area contributed by atoms with E-state index in [0.717, 1.165) is 13.1 Å². The molecule has 0 N–H and O–H groups in total. The van der Waals surface area contributed by atoms with E-state index in [1.54, 1.807) is 0 Å². The summed E-state index contributed by atoms with van der Waals surface area (Å²) >= 11 is 0. The predicted molar refractivity (Wildman–Crippen MR) is 50.5 cm³/mol. The van der Waals surface area contributed by atoms with Gasteiger partial charge >= 0.3 is 0 Å². The molecule has 1 aromatic carbocycles. The lowest BCUT2D eigenvalue weighted by Crippen LogP contribution is -2.07. The molecular formula is C11H13FN+. The van der Waals surface area contributed by atoms with Crippen molar-refractivity contribution in [1.82, 2.24) is 0 Å². The third-order valence-corrected chi connectivity index (χ3v) is 2.34. The monoisotopic (exact) mass is 178 g/mol. The van der Waals surface area contributed by atoms with Crippen LogP contribution in [0.3, 0.4) is 0 Å². The molecule has 0 amide bonds. The van der Waals surface area contributed by atoms with E-state index in [1.165, 1.54) is 30.5 Å². The molecule has 1 aliphatic heterocycles. The summed E-state index contributed by atoms with van der Waals surface area (Å²) in [5, 5.41) is 0. The summed E-state index contributed by atoms with van der Waals surface area (Å²) < 4.78 is 14.9. The van der Waals surface area contributed by atoms with Gasteiger partial charge in [0.15, 0.2) is 6.54 Å². The minimum atomic E-state index is -0.158. The van der Waals surface area contributed by atoms with Crippen LogP contribution in [0, 0.1) is 5.82 Å². The fraction of sp³-hybridized carbons (Fsp3) is 0.364. The molecule has 1 aliphatic rings. The van der Waals surface area contributed by atoms with Gasteiger partial charge in [0, 0.05) is 18.4 Å². The van der Waals surface area contributed by atoms with Gasteiger partial charge in [-0.05, 0) is 24.3 Å². The summed E-state index contributed by atoms with van der Waals surface area (Å²) in [6, 6.07) is 6.74. The Balaban J connectivity index is 2.05. The average Bonchev–Trinajstić information content (AvgIpc) is 2.62. The Morgan fingerprint density at radius 3 is 2.62 bits per heavy atom. The van der Waals surface area contributed by atoms with Gasteiger partial charge in [-0.1, -0.05) is 0 Å². The van der Waals surface area contributed by atoms with Crippen molar-refractivity contribution in [3.8, 4) is 0 Å². The third kappa shape index (κ3) is 2.14. The predicted octanol–water partition coefficient (Wildman–Crippen LogP) is 2.20. The minimum Gasteiger partial charge on any atom is -0.235 e. The second-order valence-electron chi connectivity index (χ2n) is 3.42. The highest BCUT2D eigenvalue weighted by molar-refractivity contribution is 5.52. The maximum absolute atomic E-state index is 12.6. The molecule has 1 nitrogen and oxygen atoms in total. The Bertz CT molecular complexity index is 313. The maximum atomic E-state index is 12.6. The van der Waals surface area contributed by atoms with Crippen molar-refractivity contribution in [2.24, 2.45) is 0 Å². The van der Waals surface area contributed by atoms with Crippen molar-refractivity contribution < 1.29 is 8.97 Å². The first-order chi connectivity index (χ1) is 6.34. The van der Waals surface area contributed by atoms with Gasteiger partial charge in [0.25, 0.3) is 0 Å². The van der Waals surface area contributed by atoms with E-state index in [0.29, 0.717) is 0 Å². The van der Waals surface area contributed by atoms with Crippen LogP contribution in [0.5, 0.6) is 0 Å². The lowest BCUT2D eigenvalue weighted by molar-refractivity contribution is -0.532. The largest absolute Gasteiger partial charge is 0.235 e. The molecule has 0 radical (unpaired) electrons. The molecule has 0 aromatic heterocycles. The molecule has 0 bridgehead atoms. The molecule has 2 heteroatoms. The topological polar surface area (TPSA) is 3.01 Å². The molecule has 0 fully saturated rings. The number of rotatable bonds is 2. The SMILES string of the molecule is Fc1ccc(C[N+]2=CCCC2)cc1. The lowest BCUT2D eigenvalue weighted by Gasteiger charge is -1.98. The summed E-state index contributed by atoms with van der Waals surface area (Å²) in [6.45, 7) is 2.05. The maximum Gasteiger partial charge on any atom is 0.167 e. The molecule has 0 saturated heterocycles. The highest BCUT2D eigenvalue weighted by Gasteiger charge is 2.10. The standard InChI is InChI=1S/C11H13FN/c12-11-5-3-10(4-6-11)9-13-7-1-2-8-13/h3-7H,1-2,8-9H2/q+1. The molecule has 2 rings (SSSR count). The molecule has 0 aliphatic carbocycles. The van der Waals surface area contributed by atoms with E-state index >= 15 is 0 Å². The molecule has 1 heterocycles. The van der Waals surface area contributed by atoms with Crippen LogP contribution >= 0.6 is 0 Å². The van der Waals surface area contributed by atoms with Crippen molar-refractivity contribution in [3.63, 3.8) is 0 Å². The van der Waals surface area contributed by atoms with Crippen molar-refractivity contribution in [3.05, 3.63) is 35.6 Å². The van der Waals surface area contributed by atoms with E-state index in [1.807, 2.05) is 12.1 Å². The summed E-state index contributed by atoms with van der Waals surface area (Å²) in [4.78, 5) is 0. The summed E-state index contributed by atoms with van der Waals surface area (Å²) in [5.41, 5.74) is 1.18. The first-order valence-corrected chi connectivity index (χ1v) is 4.66. The number of hydrogen-bond donors (Lipinski definition) is 0. The van der Waals surface area contributed by atoms with Crippen molar-refractivity contribution in [2.45, 2.75) is 19.4 Å². The molecular weight excluding hydrogens is 165 g/mol. The smallest absolute Gasteiger partial charge is 0.167 e. The van der Waals surface area contributed by atoms with E-state index in [2.05, 4.69) is 10.8 Å². The molecule has 13 heavy (non-hydrogen) atoms. The second kappa shape index (κ2) is 3.69. The van der Waals surface area contributed by atoms with Gasteiger partial charge in [0.1, 0.15) is 18.6 Å².